The molecule has 1 heterocycles. The molecule has 3 N–H and O–H groups in total. The molecule has 0 saturated heterocycles. The first kappa shape index (κ1) is 11.6. The van der Waals surface area contributed by atoms with E-state index in [0.29, 0.717) is 12.2 Å². The molecule has 0 amide bonds. The van der Waals surface area contributed by atoms with E-state index in [0.717, 1.165) is 5.56 Å². The van der Waals surface area contributed by atoms with Gasteiger partial charge in [-0.2, -0.15) is 13.5 Å². The van der Waals surface area contributed by atoms with Crippen molar-refractivity contribution in [3.8, 4) is 0 Å². The third-order valence-corrected chi connectivity index (χ3v) is 2.55. The lowest BCUT2D eigenvalue weighted by Gasteiger charge is -2.05. The molecule has 0 saturated carbocycles. The number of rotatable bonds is 4. The van der Waals surface area contributed by atoms with E-state index in [-0.39, 0.29) is 0 Å². The molecule has 0 aliphatic carbocycles. The first-order valence-electron chi connectivity index (χ1n) is 4.75. The molecule has 0 spiro atoms. The van der Waals surface area contributed by atoms with Gasteiger partial charge in [-0.15, -0.1) is 0 Å². The van der Waals surface area contributed by atoms with Crippen LogP contribution >= 0.6 is 0 Å². The number of nitrogens with two attached hydrogens (primary N) is 1. The molecule has 1 aromatic carbocycles. The normalized spacial score (nSPS) is 11.4. The number of nitrogens with zero attached hydrogens (tertiary/aromatic N) is 3. The fourth-order valence-corrected chi connectivity index (χ4v) is 1.81. The summed E-state index contributed by atoms with van der Waals surface area (Å²) in [5.41, 5.74) is 1.41. The van der Waals surface area contributed by atoms with Crippen LogP contribution in [0.1, 0.15) is 5.56 Å². The number of nitrogens with one attached hydrogen (secondary N) is 1. The SMILES string of the molecule is NS(=O)(=O)Nc1ccc(Cn2cncn2)cc1. The maximum atomic E-state index is 10.8. The van der Waals surface area contributed by atoms with E-state index in [1.54, 1.807) is 35.3 Å². The van der Waals surface area contributed by atoms with Gasteiger partial charge < -0.3 is 0 Å². The van der Waals surface area contributed by atoms with Crippen LogP contribution in [-0.4, -0.2) is 23.2 Å². The second kappa shape index (κ2) is 4.52. The van der Waals surface area contributed by atoms with E-state index in [2.05, 4.69) is 14.8 Å². The van der Waals surface area contributed by atoms with Crippen LogP contribution in [-0.2, 0) is 16.8 Å². The second-order valence-corrected chi connectivity index (χ2v) is 4.73. The fourth-order valence-electron chi connectivity index (χ4n) is 1.34. The van der Waals surface area contributed by atoms with E-state index < -0.39 is 10.2 Å². The Morgan fingerprint density at radius 1 is 1.29 bits per heavy atom. The summed E-state index contributed by atoms with van der Waals surface area (Å²) in [5, 5.41) is 8.82. The van der Waals surface area contributed by atoms with Crippen molar-refractivity contribution < 1.29 is 8.42 Å². The van der Waals surface area contributed by atoms with Crippen molar-refractivity contribution in [1.82, 2.24) is 14.8 Å². The Morgan fingerprint density at radius 2 is 2.00 bits per heavy atom. The van der Waals surface area contributed by atoms with Crippen molar-refractivity contribution in [3.63, 3.8) is 0 Å². The van der Waals surface area contributed by atoms with Crippen LogP contribution in [0, 0.1) is 0 Å². The molecule has 0 atom stereocenters. The zero-order valence-corrected chi connectivity index (χ0v) is 9.63. The summed E-state index contributed by atoms with van der Waals surface area (Å²) < 4.78 is 25.4. The monoisotopic (exact) mass is 253 g/mol. The Labute approximate surface area is 98.5 Å². The second-order valence-electron chi connectivity index (χ2n) is 3.44. The molecular formula is C9H11N5O2S. The molecule has 0 radical (unpaired) electrons. The minimum Gasteiger partial charge on any atom is -0.271 e. The predicted molar refractivity (Wildman–Crippen MR) is 62.3 cm³/mol. The van der Waals surface area contributed by atoms with Crippen LogP contribution in [0.2, 0.25) is 0 Å². The molecule has 2 aromatic rings. The molecule has 0 bridgehead atoms. The Morgan fingerprint density at radius 3 is 2.53 bits per heavy atom. The average molecular weight is 253 g/mol. The van der Waals surface area contributed by atoms with Crippen LogP contribution in [0.15, 0.2) is 36.9 Å². The minimum absolute atomic E-state index is 0.426. The van der Waals surface area contributed by atoms with Gasteiger partial charge in [0.05, 0.1) is 6.54 Å². The van der Waals surface area contributed by atoms with Gasteiger partial charge in [0.15, 0.2) is 0 Å². The number of benzene rings is 1. The van der Waals surface area contributed by atoms with E-state index in [9.17, 15) is 8.42 Å². The van der Waals surface area contributed by atoms with Crippen molar-refractivity contribution in [1.29, 1.82) is 0 Å². The van der Waals surface area contributed by atoms with Crippen molar-refractivity contribution >= 4 is 15.9 Å². The zero-order chi connectivity index (χ0) is 12.3. The van der Waals surface area contributed by atoms with E-state index in [1.165, 1.54) is 6.33 Å². The van der Waals surface area contributed by atoms with Crippen LogP contribution in [0.4, 0.5) is 5.69 Å². The fraction of sp³-hybridized carbons (Fsp3) is 0.111. The molecule has 0 fully saturated rings. The van der Waals surface area contributed by atoms with Gasteiger partial charge in [-0.3, -0.25) is 4.72 Å². The van der Waals surface area contributed by atoms with Gasteiger partial charge in [-0.25, -0.2) is 14.8 Å². The van der Waals surface area contributed by atoms with Crippen molar-refractivity contribution in [2.45, 2.75) is 6.54 Å². The number of anilines is 1. The highest BCUT2D eigenvalue weighted by molar-refractivity contribution is 7.90. The molecule has 7 nitrogen and oxygen atoms in total. The highest BCUT2D eigenvalue weighted by Gasteiger charge is 2.02. The smallest absolute Gasteiger partial charge is 0.271 e. The van der Waals surface area contributed by atoms with E-state index in [1.807, 2.05) is 0 Å². The lowest BCUT2D eigenvalue weighted by molar-refractivity contribution is 0.603. The Balaban J connectivity index is 2.08. The maximum absolute atomic E-state index is 10.8. The van der Waals surface area contributed by atoms with Crippen molar-refractivity contribution in [2.24, 2.45) is 5.14 Å². The highest BCUT2D eigenvalue weighted by atomic mass is 32.2. The number of hydrogen-bond donors (Lipinski definition) is 2. The Kier molecular flexibility index (Phi) is 3.07. The molecule has 17 heavy (non-hydrogen) atoms. The first-order chi connectivity index (χ1) is 8.03. The lowest BCUT2D eigenvalue weighted by Crippen LogP contribution is -2.21. The largest absolute Gasteiger partial charge is 0.296 e. The van der Waals surface area contributed by atoms with Crippen LogP contribution in [0.5, 0.6) is 0 Å². The van der Waals surface area contributed by atoms with Gasteiger partial charge in [0.1, 0.15) is 12.7 Å². The highest BCUT2D eigenvalue weighted by Crippen LogP contribution is 2.10. The summed E-state index contributed by atoms with van der Waals surface area (Å²) in [7, 11) is -3.72. The summed E-state index contributed by atoms with van der Waals surface area (Å²) >= 11 is 0. The van der Waals surface area contributed by atoms with E-state index in [4.69, 9.17) is 5.14 Å². The topological polar surface area (TPSA) is 103 Å². The molecule has 0 aliphatic rings. The van der Waals surface area contributed by atoms with E-state index >= 15 is 0 Å². The van der Waals surface area contributed by atoms with Crippen LogP contribution in [0.25, 0.3) is 0 Å². The van der Waals surface area contributed by atoms with Gasteiger partial charge in [0, 0.05) is 5.69 Å². The quantitative estimate of drug-likeness (QED) is 0.796. The zero-order valence-electron chi connectivity index (χ0n) is 8.81. The summed E-state index contributed by atoms with van der Waals surface area (Å²) in [6.07, 6.45) is 3.06. The molecule has 0 aliphatic heterocycles. The molecule has 90 valence electrons. The van der Waals surface area contributed by atoms with Gasteiger partial charge in [0.25, 0.3) is 10.2 Å². The van der Waals surface area contributed by atoms with Crippen LogP contribution < -0.4 is 9.86 Å². The molecule has 0 unspecified atom stereocenters. The number of aromatic nitrogens is 3. The average Bonchev–Trinajstić information content (AvgIpc) is 2.71. The summed E-state index contributed by atoms with van der Waals surface area (Å²) in [6.45, 7) is 0.579. The molecule has 2 rings (SSSR count). The van der Waals surface area contributed by atoms with Gasteiger partial charge >= 0.3 is 0 Å². The number of hydrogen-bond acceptors (Lipinski definition) is 4. The summed E-state index contributed by atoms with van der Waals surface area (Å²) in [4.78, 5) is 3.83. The summed E-state index contributed by atoms with van der Waals surface area (Å²) in [6, 6.07) is 6.84. The molecular weight excluding hydrogens is 242 g/mol. The van der Waals surface area contributed by atoms with Gasteiger partial charge in [-0.05, 0) is 17.7 Å². The lowest BCUT2D eigenvalue weighted by atomic mass is 10.2. The Hall–Kier alpha value is -1.93. The minimum atomic E-state index is -3.72. The standard InChI is InChI=1S/C9H11N5O2S/c10-17(15,16)13-9-3-1-8(2-4-9)5-14-7-11-6-12-14/h1-4,6-7,13H,5H2,(H2,10,15,16). The third-order valence-electron chi connectivity index (χ3n) is 2.03. The third kappa shape index (κ3) is 3.54. The van der Waals surface area contributed by atoms with Crippen molar-refractivity contribution in [2.75, 3.05) is 4.72 Å². The van der Waals surface area contributed by atoms with Crippen LogP contribution in [0.3, 0.4) is 0 Å². The van der Waals surface area contributed by atoms with Gasteiger partial charge in [0.2, 0.25) is 0 Å². The molecule has 8 heteroatoms. The molecule has 1 aromatic heterocycles. The first-order valence-corrected chi connectivity index (χ1v) is 6.29. The maximum Gasteiger partial charge on any atom is 0.296 e. The predicted octanol–water partition coefficient (Wildman–Crippen LogP) is -0.0582. The summed E-state index contributed by atoms with van der Waals surface area (Å²) in [5.74, 6) is 0. The van der Waals surface area contributed by atoms with Crippen molar-refractivity contribution in [3.05, 3.63) is 42.5 Å². The Bertz CT molecular complexity index is 576. The van der Waals surface area contributed by atoms with Gasteiger partial charge in [-0.1, -0.05) is 12.1 Å².